The van der Waals surface area contributed by atoms with Crippen molar-refractivity contribution in [1.82, 2.24) is 0 Å². The molecule has 0 aromatic heterocycles. The van der Waals surface area contributed by atoms with Crippen molar-refractivity contribution in [3.63, 3.8) is 0 Å². The van der Waals surface area contributed by atoms with Gasteiger partial charge in [-0.3, -0.25) is 4.99 Å². The zero-order valence-corrected chi connectivity index (χ0v) is 15.0. The fourth-order valence-electron chi connectivity index (χ4n) is 3.44. The minimum atomic E-state index is -1.08. The Kier molecular flexibility index (Phi) is 5.37. The van der Waals surface area contributed by atoms with Crippen LogP contribution in [0.2, 0.25) is 0 Å². The van der Waals surface area contributed by atoms with Gasteiger partial charge in [-0.2, -0.15) is 5.10 Å². The lowest BCUT2D eigenvalue weighted by molar-refractivity contribution is 0.0226. The highest BCUT2D eigenvalue weighted by atomic mass is 19.1. The predicted molar refractivity (Wildman–Crippen MR) is 101 cm³/mol. The Hall–Kier alpha value is -1.95. The van der Waals surface area contributed by atoms with Crippen LogP contribution in [0.3, 0.4) is 0 Å². The molecule has 2 saturated heterocycles. The molecular weight excluding hydrogens is 319 g/mol. The van der Waals surface area contributed by atoms with Crippen molar-refractivity contribution < 1.29 is 9.13 Å². The first-order valence-corrected chi connectivity index (χ1v) is 8.93. The number of aliphatic imine (C=N–C) groups is 1. The molecule has 1 unspecified atom stereocenters. The number of benzene rings is 1. The fourth-order valence-corrected chi connectivity index (χ4v) is 3.44. The van der Waals surface area contributed by atoms with E-state index in [-0.39, 0.29) is 6.10 Å². The maximum Gasteiger partial charge on any atom is 0.142 e. The number of halogens is 1. The lowest BCUT2D eigenvalue weighted by Crippen LogP contribution is -2.57. The fraction of sp³-hybridized carbons (Fsp3) is 0.579. The second kappa shape index (κ2) is 7.52. The third kappa shape index (κ3) is 4.37. The molecule has 0 saturated carbocycles. The van der Waals surface area contributed by atoms with Crippen LogP contribution in [0.25, 0.3) is 0 Å². The van der Waals surface area contributed by atoms with Crippen LogP contribution in [0.5, 0.6) is 0 Å². The number of ether oxygens (including phenoxy) is 1. The summed E-state index contributed by atoms with van der Waals surface area (Å²) in [5.41, 5.74) is 2.60. The first kappa shape index (κ1) is 17.9. The topological polar surface area (TPSA) is 63.2 Å². The van der Waals surface area contributed by atoms with Crippen LogP contribution in [-0.2, 0) is 4.74 Å². The number of hydrogen-bond donors (Lipinski definition) is 1. The molecule has 25 heavy (non-hydrogen) atoms. The Labute approximate surface area is 148 Å². The standard InChI is InChI=1S/C19H27FN4O/c1-14-9-15(24-12-19(2,20)13-24)6-7-17(14)18(23-21)11-22-10-16-5-3-4-8-25-16/h6-7,9,11,16H,3-5,8,10,12-13,21H2,1-2H3/b22-11?,23-18+. The second-order valence-electron chi connectivity index (χ2n) is 7.27. The molecule has 5 nitrogen and oxygen atoms in total. The van der Waals surface area contributed by atoms with Gasteiger partial charge in [0.25, 0.3) is 0 Å². The van der Waals surface area contributed by atoms with E-state index in [2.05, 4.69) is 10.1 Å². The molecule has 3 rings (SSSR count). The first-order chi connectivity index (χ1) is 12.0. The van der Waals surface area contributed by atoms with Gasteiger partial charge in [0.15, 0.2) is 0 Å². The van der Waals surface area contributed by atoms with Gasteiger partial charge in [0.05, 0.1) is 25.7 Å². The summed E-state index contributed by atoms with van der Waals surface area (Å²) in [6.45, 7) is 5.98. The predicted octanol–water partition coefficient (Wildman–Crippen LogP) is 2.85. The van der Waals surface area contributed by atoms with Crippen molar-refractivity contribution in [3.8, 4) is 0 Å². The van der Waals surface area contributed by atoms with E-state index < -0.39 is 5.67 Å². The molecule has 2 aliphatic heterocycles. The Morgan fingerprint density at radius 2 is 2.24 bits per heavy atom. The molecule has 2 fully saturated rings. The average molecular weight is 346 g/mol. The molecule has 0 aliphatic carbocycles. The summed E-state index contributed by atoms with van der Waals surface area (Å²) in [5.74, 6) is 5.57. The monoisotopic (exact) mass is 346 g/mol. The number of hydrazone groups is 1. The minimum Gasteiger partial charge on any atom is -0.376 e. The van der Waals surface area contributed by atoms with Crippen molar-refractivity contribution in [2.45, 2.75) is 44.9 Å². The molecule has 0 spiro atoms. The SMILES string of the molecule is Cc1cc(N2CC(C)(F)C2)ccc1/C(C=NCC1CCCCO1)=N/N. The molecule has 6 heteroatoms. The highest BCUT2D eigenvalue weighted by Gasteiger charge is 2.38. The van der Waals surface area contributed by atoms with Crippen LogP contribution in [-0.4, -0.2) is 49.9 Å². The van der Waals surface area contributed by atoms with Crippen LogP contribution in [0.4, 0.5) is 10.1 Å². The van der Waals surface area contributed by atoms with Crippen molar-refractivity contribution >= 4 is 17.6 Å². The van der Waals surface area contributed by atoms with Crippen LogP contribution >= 0.6 is 0 Å². The number of anilines is 1. The van der Waals surface area contributed by atoms with Gasteiger partial charge in [-0.15, -0.1) is 0 Å². The van der Waals surface area contributed by atoms with Gasteiger partial charge >= 0.3 is 0 Å². The Morgan fingerprint density at radius 3 is 2.84 bits per heavy atom. The van der Waals surface area contributed by atoms with Crippen LogP contribution < -0.4 is 10.7 Å². The summed E-state index contributed by atoms with van der Waals surface area (Å²) in [4.78, 5) is 6.50. The van der Waals surface area contributed by atoms with Gasteiger partial charge < -0.3 is 15.5 Å². The van der Waals surface area contributed by atoms with E-state index in [0.29, 0.717) is 25.3 Å². The average Bonchev–Trinajstić information content (AvgIpc) is 2.58. The summed E-state index contributed by atoms with van der Waals surface area (Å²) < 4.78 is 19.4. The third-order valence-electron chi connectivity index (χ3n) is 4.83. The molecule has 2 heterocycles. The Bertz CT molecular complexity index is 657. The lowest BCUT2D eigenvalue weighted by atomic mass is 9.96. The molecule has 1 aromatic rings. The summed E-state index contributed by atoms with van der Waals surface area (Å²) >= 11 is 0. The highest BCUT2D eigenvalue weighted by Crippen LogP contribution is 2.31. The number of aryl methyl sites for hydroxylation is 1. The van der Waals surface area contributed by atoms with Gasteiger partial charge in [-0.05, 0) is 50.8 Å². The molecule has 136 valence electrons. The molecule has 1 atom stereocenters. The normalized spacial score (nSPS) is 23.7. The summed E-state index contributed by atoms with van der Waals surface area (Å²) in [6, 6.07) is 6.02. The summed E-state index contributed by atoms with van der Waals surface area (Å²) in [7, 11) is 0. The Morgan fingerprint density at radius 1 is 1.44 bits per heavy atom. The molecule has 0 radical (unpaired) electrons. The maximum absolute atomic E-state index is 13.7. The maximum atomic E-state index is 13.7. The first-order valence-electron chi connectivity index (χ1n) is 8.93. The van der Waals surface area contributed by atoms with Crippen LogP contribution in [0.15, 0.2) is 28.3 Å². The molecule has 2 aliphatic rings. The van der Waals surface area contributed by atoms with Crippen molar-refractivity contribution in [2.24, 2.45) is 15.9 Å². The van der Waals surface area contributed by atoms with E-state index in [1.54, 1.807) is 13.1 Å². The number of alkyl halides is 1. The molecule has 2 N–H and O–H groups in total. The Balaban J connectivity index is 1.64. The molecule has 0 amide bonds. The van der Waals surface area contributed by atoms with E-state index in [9.17, 15) is 4.39 Å². The van der Waals surface area contributed by atoms with Gasteiger partial charge in [0, 0.05) is 24.1 Å². The van der Waals surface area contributed by atoms with Crippen LogP contribution in [0, 0.1) is 6.92 Å². The van der Waals surface area contributed by atoms with Crippen molar-refractivity contribution in [2.75, 3.05) is 31.1 Å². The summed E-state index contributed by atoms with van der Waals surface area (Å²) in [5, 5.41) is 3.89. The zero-order valence-electron chi connectivity index (χ0n) is 15.0. The van der Waals surface area contributed by atoms with E-state index in [0.717, 1.165) is 36.3 Å². The largest absolute Gasteiger partial charge is 0.376 e. The van der Waals surface area contributed by atoms with Gasteiger partial charge in [0.1, 0.15) is 11.4 Å². The highest BCUT2D eigenvalue weighted by molar-refractivity contribution is 6.38. The van der Waals surface area contributed by atoms with Crippen molar-refractivity contribution in [3.05, 3.63) is 29.3 Å². The molecular formula is C19H27FN4O. The third-order valence-corrected chi connectivity index (χ3v) is 4.83. The van der Waals surface area contributed by atoms with Crippen molar-refractivity contribution in [1.29, 1.82) is 0 Å². The smallest absolute Gasteiger partial charge is 0.142 e. The lowest BCUT2D eigenvalue weighted by Gasteiger charge is -2.44. The quantitative estimate of drug-likeness (QED) is 0.507. The number of nitrogens with zero attached hydrogens (tertiary/aromatic N) is 3. The van der Waals surface area contributed by atoms with E-state index in [1.165, 1.54) is 6.42 Å². The zero-order chi connectivity index (χ0) is 17.9. The second-order valence-corrected chi connectivity index (χ2v) is 7.27. The number of hydrogen-bond acceptors (Lipinski definition) is 5. The summed E-state index contributed by atoms with van der Waals surface area (Å²) in [6.07, 6.45) is 5.33. The number of nitrogens with two attached hydrogens (primary N) is 1. The number of rotatable bonds is 5. The van der Waals surface area contributed by atoms with E-state index in [1.807, 2.05) is 30.0 Å². The molecule has 1 aromatic carbocycles. The van der Waals surface area contributed by atoms with E-state index in [4.69, 9.17) is 10.6 Å². The van der Waals surface area contributed by atoms with Gasteiger partial charge in [-0.1, -0.05) is 6.07 Å². The van der Waals surface area contributed by atoms with E-state index >= 15 is 0 Å². The van der Waals surface area contributed by atoms with Crippen LogP contribution in [0.1, 0.15) is 37.3 Å². The molecule has 0 bridgehead atoms. The van der Waals surface area contributed by atoms with Gasteiger partial charge in [0.2, 0.25) is 0 Å². The van der Waals surface area contributed by atoms with Gasteiger partial charge in [-0.25, -0.2) is 4.39 Å². The minimum absolute atomic E-state index is 0.203.